The molecule has 0 aliphatic heterocycles. The van der Waals surface area contributed by atoms with E-state index in [2.05, 4.69) is 9.97 Å². The molecule has 158 valence electrons. The Morgan fingerprint density at radius 3 is 2.70 bits per heavy atom. The molecule has 0 spiro atoms. The van der Waals surface area contributed by atoms with Crippen molar-refractivity contribution in [2.45, 2.75) is 25.9 Å². The molecule has 0 saturated heterocycles. The second-order valence-electron chi connectivity index (χ2n) is 6.35. The summed E-state index contributed by atoms with van der Waals surface area (Å²) in [7, 11) is 1.15. The van der Waals surface area contributed by atoms with Crippen LogP contribution in [0, 0.1) is 5.82 Å². The Labute approximate surface area is 175 Å². The summed E-state index contributed by atoms with van der Waals surface area (Å²) >= 11 is 5.95. The van der Waals surface area contributed by atoms with Gasteiger partial charge < -0.3 is 19.0 Å². The molecule has 0 amide bonds. The van der Waals surface area contributed by atoms with Gasteiger partial charge >= 0.3 is 11.9 Å². The van der Waals surface area contributed by atoms with E-state index in [0.29, 0.717) is 5.39 Å². The van der Waals surface area contributed by atoms with E-state index in [9.17, 15) is 19.1 Å². The molecule has 30 heavy (non-hydrogen) atoms. The standard InChI is InChI=1S/C20H18ClFN2O6/c1-4-29-20(27)17-15(9(2)25)24-18(30-17)14(19(26)28-3)10-5-11-6-12(21)8-23-16(11)13(22)7-10/h5-9,14,25H,4H2,1-3H3. The van der Waals surface area contributed by atoms with Crippen LogP contribution in [0.15, 0.2) is 28.8 Å². The molecule has 0 aliphatic rings. The largest absolute Gasteiger partial charge is 0.468 e. The smallest absolute Gasteiger partial charge is 0.376 e. The number of ether oxygens (including phenoxy) is 2. The van der Waals surface area contributed by atoms with Crippen LogP contribution in [0.25, 0.3) is 10.9 Å². The number of aliphatic hydroxyl groups is 1. The number of carbonyl (C=O) groups is 2. The van der Waals surface area contributed by atoms with Crippen LogP contribution in [0.5, 0.6) is 0 Å². The van der Waals surface area contributed by atoms with Crippen LogP contribution in [-0.4, -0.2) is 40.7 Å². The highest BCUT2D eigenvalue weighted by Crippen LogP contribution is 2.32. The number of fused-ring (bicyclic) bond motifs is 1. The van der Waals surface area contributed by atoms with Crippen LogP contribution in [0.4, 0.5) is 4.39 Å². The van der Waals surface area contributed by atoms with Crippen molar-refractivity contribution in [2.24, 2.45) is 0 Å². The second kappa shape index (κ2) is 8.76. The molecule has 2 aromatic heterocycles. The number of aliphatic hydroxyl groups excluding tert-OH is 1. The predicted molar refractivity (Wildman–Crippen MR) is 104 cm³/mol. The molecule has 2 heterocycles. The Balaban J connectivity index is 2.19. The number of halogens is 2. The molecule has 3 rings (SSSR count). The maximum atomic E-state index is 14.6. The van der Waals surface area contributed by atoms with Gasteiger partial charge in [-0.2, -0.15) is 0 Å². The third-order valence-electron chi connectivity index (χ3n) is 4.27. The normalized spacial score (nSPS) is 13.1. The number of oxazole rings is 1. The van der Waals surface area contributed by atoms with E-state index in [1.807, 2.05) is 0 Å². The number of nitrogens with zero attached hydrogens (tertiary/aromatic N) is 2. The molecule has 1 N–H and O–H groups in total. The summed E-state index contributed by atoms with van der Waals surface area (Å²) in [4.78, 5) is 32.8. The van der Waals surface area contributed by atoms with Crippen molar-refractivity contribution < 1.29 is 33.0 Å². The highest BCUT2D eigenvalue weighted by molar-refractivity contribution is 6.31. The number of esters is 2. The quantitative estimate of drug-likeness (QED) is 0.584. The van der Waals surface area contributed by atoms with Crippen molar-refractivity contribution in [1.29, 1.82) is 0 Å². The molecule has 0 aliphatic carbocycles. The molecule has 8 nitrogen and oxygen atoms in total. The lowest BCUT2D eigenvalue weighted by atomic mass is 9.97. The first kappa shape index (κ1) is 21.7. The number of benzene rings is 1. The zero-order valence-corrected chi connectivity index (χ0v) is 17.1. The molecule has 0 bridgehead atoms. The number of hydrogen-bond donors (Lipinski definition) is 1. The minimum Gasteiger partial charge on any atom is -0.468 e. The molecule has 2 unspecified atom stereocenters. The van der Waals surface area contributed by atoms with Gasteiger partial charge in [0.1, 0.15) is 17.0 Å². The lowest BCUT2D eigenvalue weighted by Crippen LogP contribution is -2.16. The van der Waals surface area contributed by atoms with Crippen molar-refractivity contribution in [1.82, 2.24) is 9.97 Å². The second-order valence-corrected chi connectivity index (χ2v) is 6.78. The van der Waals surface area contributed by atoms with Gasteiger partial charge in [-0.25, -0.2) is 14.2 Å². The maximum absolute atomic E-state index is 14.6. The Bertz CT molecular complexity index is 1110. The first-order valence-electron chi connectivity index (χ1n) is 8.95. The van der Waals surface area contributed by atoms with Gasteiger partial charge in [0.15, 0.2) is 5.92 Å². The average molecular weight is 437 g/mol. The number of rotatable bonds is 6. The average Bonchev–Trinajstić information content (AvgIpc) is 3.13. The topological polar surface area (TPSA) is 112 Å². The Morgan fingerprint density at radius 1 is 1.33 bits per heavy atom. The number of carbonyl (C=O) groups excluding carboxylic acids is 2. The SMILES string of the molecule is CCOC(=O)c1oc(C(C(=O)OC)c2cc(F)c3ncc(Cl)cc3c2)nc1C(C)O. The van der Waals surface area contributed by atoms with Crippen LogP contribution in [0.3, 0.4) is 0 Å². The molecule has 0 fully saturated rings. The lowest BCUT2D eigenvalue weighted by molar-refractivity contribution is -0.141. The highest BCUT2D eigenvalue weighted by Gasteiger charge is 2.34. The summed E-state index contributed by atoms with van der Waals surface area (Å²) < 4.78 is 29.9. The van der Waals surface area contributed by atoms with Gasteiger partial charge in [0.25, 0.3) is 0 Å². The number of methoxy groups -OCH3 is 1. The van der Waals surface area contributed by atoms with Gasteiger partial charge in [-0.05, 0) is 37.6 Å². The van der Waals surface area contributed by atoms with Crippen molar-refractivity contribution >= 4 is 34.4 Å². The predicted octanol–water partition coefficient (Wildman–Crippen LogP) is 3.55. The van der Waals surface area contributed by atoms with E-state index in [-0.39, 0.29) is 40.1 Å². The molecule has 10 heteroatoms. The van der Waals surface area contributed by atoms with Crippen molar-refractivity contribution in [3.8, 4) is 0 Å². The minimum atomic E-state index is -1.31. The molecule has 0 radical (unpaired) electrons. The van der Waals surface area contributed by atoms with Crippen LogP contribution in [0.2, 0.25) is 5.02 Å². The summed E-state index contributed by atoms with van der Waals surface area (Å²) in [5, 5.41) is 10.6. The van der Waals surface area contributed by atoms with Crippen molar-refractivity contribution in [2.75, 3.05) is 13.7 Å². The summed E-state index contributed by atoms with van der Waals surface area (Å²) in [6, 6.07) is 4.09. The van der Waals surface area contributed by atoms with Crippen molar-refractivity contribution in [3.63, 3.8) is 0 Å². The van der Waals surface area contributed by atoms with Gasteiger partial charge in [0.2, 0.25) is 11.7 Å². The number of hydrogen-bond acceptors (Lipinski definition) is 8. The van der Waals surface area contributed by atoms with E-state index in [4.69, 9.17) is 25.5 Å². The first-order chi connectivity index (χ1) is 14.3. The monoisotopic (exact) mass is 436 g/mol. The fourth-order valence-corrected chi connectivity index (χ4v) is 3.13. The minimum absolute atomic E-state index is 0.0658. The Morgan fingerprint density at radius 2 is 2.07 bits per heavy atom. The van der Waals surface area contributed by atoms with E-state index >= 15 is 0 Å². The highest BCUT2D eigenvalue weighted by atomic mass is 35.5. The van der Waals surface area contributed by atoms with E-state index in [1.165, 1.54) is 25.3 Å². The van der Waals surface area contributed by atoms with Gasteiger partial charge in [-0.1, -0.05) is 11.6 Å². The van der Waals surface area contributed by atoms with Gasteiger partial charge in [0.05, 0.1) is 24.8 Å². The van der Waals surface area contributed by atoms with Crippen LogP contribution >= 0.6 is 11.6 Å². The molecule has 3 aromatic rings. The van der Waals surface area contributed by atoms with Crippen molar-refractivity contribution in [3.05, 3.63) is 58.1 Å². The zero-order chi connectivity index (χ0) is 22.0. The van der Waals surface area contributed by atoms with E-state index in [0.717, 1.165) is 13.2 Å². The molecule has 0 saturated carbocycles. The molecular formula is C20H18ClFN2O6. The molecule has 2 atom stereocenters. The summed E-state index contributed by atoms with van der Waals surface area (Å²) in [5.74, 6) is -4.26. The zero-order valence-electron chi connectivity index (χ0n) is 16.3. The molecule has 1 aromatic carbocycles. The Hall–Kier alpha value is -3.04. The summed E-state index contributed by atoms with van der Waals surface area (Å²) in [5.41, 5.74) is 0.101. The fraction of sp³-hybridized carbons (Fsp3) is 0.300. The summed E-state index contributed by atoms with van der Waals surface area (Å²) in [6.45, 7) is 3.05. The number of aromatic nitrogens is 2. The maximum Gasteiger partial charge on any atom is 0.376 e. The van der Waals surface area contributed by atoms with Crippen LogP contribution in [0.1, 0.15) is 53.6 Å². The van der Waals surface area contributed by atoms with Crippen LogP contribution < -0.4 is 0 Å². The van der Waals surface area contributed by atoms with Gasteiger partial charge in [-0.15, -0.1) is 0 Å². The van der Waals surface area contributed by atoms with Gasteiger partial charge in [-0.3, -0.25) is 9.78 Å². The third-order valence-corrected chi connectivity index (χ3v) is 4.48. The van der Waals surface area contributed by atoms with E-state index < -0.39 is 29.8 Å². The Kier molecular flexibility index (Phi) is 6.33. The lowest BCUT2D eigenvalue weighted by Gasteiger charge is -2.13. The fourth-order valence-electron chi connectivity index (χ4n) is 2.96. The summed E-state index contributed by atoms with van der Waals surface area (Å²) in [6.07, 6.45) is 0.121. The van der Waals surface area contributed by atoms with Crippen LogP contribution in [-0.2, 0) is 14.3 Å². The first-order valence-corrected chi connectivity index (χ1v) is 9.32. The molecular weight excluding hydrogens is 419 g/mol. The third kappa shape index (κ3) is 4.12. The van der Waals surface area contributed by atoms with Gasteiger partial charge in [0, 0.05) is 11.6 Å². The number of pyridine rings is 1. The van der Waals surface area contributed by atoms with E-state index in [1.54, 1.807) is 6.92 Å².